The summed E-state index contributed by atoms with van der Waals surface area (Å²) in [6.07, 6.45) is 3.01. The molecule has 0 spiro atoms. The van der Waals surface area contributed by atoms with Gasteiger partial charge in [-0.2, -0.15) is 0 Å². The van der Waals surface area contributed by atoms with Crippen LogP contribution in [-0.4, -0.2) is 43.1 Å². The van der Waals surface area contributed by atoms with Crippen molar-refractivity contribution in [3.63, 3.8) is 0 Å². The number of fused-ring (bicyclic) bond motifs is 1. The predicted molar refractivity (Wildman–Crippen MR) is 110 cm³/mol. The molecule has 6 heteroatoms. The van der Waals surface area contributed by atoms with Gasteiger partial charge in [-0.3, -0.25) is 4.79 Å². The molecule has 0 radical (unpaired) electrons. The van der Waals surface area contributed by atoms with E-state index in [0.717, 1.165) is 16.7 Å². The molecule has 3 rings (SSSR count). The number of ether oxygens (including phenoxy) is 3. The molecule has 152 valence electrons. The van der Waals surface area contributed by atoms with Crippen LogP contribution in [0.4, 0.5) is 0 Å². The minimum atomic E-state index is -0.546. The Morgan fingerprint density at radius 3 is 2.66 bits per heavy atom. The molecule has 0 aromatic heterocycles. The summed E-state index contributed by atoms with van der Waals surface area (Å²) in [4.78, 5) is 26.0. The number of amides is 1. The molecule has 0 atom stereocenters. The first-order valence-corrected chi connectivity index (χ1v) is 9.63. The topological polar surface area (TPSA) is 65.1 Å². The van der Waals surface area contributed by atoms with Crippen LogP contribution >= 0.6 is 0 Å². The zero-order valence-electron chi connectivity index (χ0n) is 16.7. The predicted octanol–water partition coefficient (Wildman–Crippen LogP) is 3.37. The lowest BCUT2D eigenvalue weighted by Crippen LogP contribution is -2.34. The van der Waals surface area contributed by atoms with Crippen LogP contribution in [0.1, 0.15) is 23.6 Å². The fraction of sp³-hybridized carbons (Fsp3) is 0.304. The van der Waals surface area contributed by atoms with Gasteiger partial charge < -0.3 is 19.1 Å². The Morgan fingerprint density at radius 2 is 1.90 bits per heavy atom. The van der Waals surface area contributed by atoms with Crippen molar-refractivity contribution in [2.45, 2.75) is 20.4 Å². The molecule has 1 heterocycles. The number of rotatable bonds is 7. The minimum absolute atomic E-state index is 0.250. The number of nitrogens with zero attached hydrogens (tertiary/aromatic N) is 1. The quantitative estimate of drug-likeness (QED) is 0.531. The molecule has 0 unspecified atom stereocenters. The summed E-state index contributed by atoms with van der Waals surface area (Å²) in [6.45, 7) is 5.53. The molecule has 0 bridgehead atoms. The molecule has 6 nitrogen and oxygen atoms in total. The molecule has 2 aromatic carbocycles. The second-order valence-electron chi connectivity index (χ2n) is 6.74. The molecule has 0 aliphatic carbocycles. The van der Waals surface area contributed by atoms with Gasteiger partial charge in [0.2, 0.25) is 0 Å². The van der Waals surface area contributed by atoms with Crippen molar-refractivity contribution < 1.29 is 23.8 Å². The van der Waals surface area contributed by atoms with Crippen LogP contribution < -0.4 is 9.47 Å². The molecule has 2 aromatic rings. The molecule has 0 N–H and O–H groups in total. The summed E-state index contributed by atoms with van der Waals surface area (Å²) >= 11 is 0. The number of hydrogen-bond donors (Lipinski definition) is 0. The number of aryl methyl sites for hydroxylation is 1. The number of esters is 1. The Bertz CT molecular complexity index is 906. The smallest absolute Gasteiger partial charge is 0.331 e. The summed E-state index contributed by atoms with van der Waals surface area (Å²) in [5.74, 6) is 0.601. The van der Waals surface area contributed by atoms with Crippen LogP contribution in [0.2, 0.25) is 0 Å². The molecule has 0 saturated carbocycles. The van der Waals surface area contributed by atoms with Gasteiger partial charge in [0, 0.05) is 19.2 Å². The van der Waals surface area contributed by atoms with Crippen molar-refractivity contribution in [1.82, 2.24) is 4.90 Å². The Kier molecular flexibility index (Phi) is 6.89. The maximum Gasteiger partial charge on any atom is 0.331 e. The zero-order valence-corrected chi connectivity index (χ0v) is 16.7. The van der Waals surface area contributed by atoms with Crippen molar-refractivity contribution in [2.24, 2.45) is 0 Å². The fourth-order valence-electron chi connectivity index (χ4n) is 2.99. The van der Waals surface area contributed by atoms with E-state index in [9.17, 15) is 9.59 Å². The monoisotopic (exact) mass is 395 g/mol. The van der Waals surface area contributed by atoms with E-state index in [0.29, 0.717) is 37.8 Å². The Morgan fingerprint density at radius 1 is 1.10 bits per heavy atom. The van der Waals surface area contributed by atoms with Gasteiger partial charge in [-0.15, -0.1) is 0 Å². The molecule has 1 aliphatic heterocycles. The van der Waals surface area contributed by atoms with E-state index in [-0.39, 0.29) is 12.5 Å². The standard InChI is InChI=1S/C23H25NO5/c1-3-24(15-19-7-9-20-21(14-19)28-12-11-27-20)22(25)16-29-23(26)10-8-18-6-4-5-17(2)13-18/h4-10,13-14H,3,11-12,15-16H2,1-2H3/b10-8+. The van der Waals surface area contributed by atoms with Crippen molar-refractivity contribution in [1.29, 1.82) is 0 Å². The third-order valence-electron chi connectivity index (χ3n) is 4.51. The maximum atomic E-state index is 12.5. The van der Waals surface area contributed by atoms with Gasteiger partial charge in [0.05, 0.1) is 0 Å². The minimum Gasteiger partial charge on any atom is -0.486 e. The van der Waals surface area contributed by atoms with Crippen LogP contribution in [0.3, 0.4) is 0 Å². The maximum absolute atomic E-state index is 12.5. The van der Waals surface area contributed by atoms with Gasteiger partial charge in [0.25, 0.3) is 5.91 Å². The van der Waals surface area contributed by atoms with E-state index < -0.39 is 5.97 Å². The van der Waals surface area contributed by atoms with Gasteiger partial charge in [0.1, 0.15) is 13.2 Å². The summed E-state index contributed by atoms with van der Waals surface area (Å²) < 4.78 is 16.2. The Labute approximate surface area is 170 Å². The zero-order chi connectivity index (χ0) is 20.6. The SMILES string of the molecule is CCN(Cc1ccc2c(c1)OCCO2)C(=O)COC(=O)/C=C/c1cccc(C)c1. The first-order valence-electron chi connectivity index (χ1n) is 9.63. The van der Waals surface area contributed by atoms with E-state index in [2.05, 4.69) is 0 Å². The lowest BCUT2D eigenvalue weighted by atomic mass is 10.1. The van der Waals surface area contributed by atoms with Crippen LogP contribution in [0.25, 0.3) is 6.08 Å². The molecule has 29 heavy (non-hydrogen) atoms. The number of carbonyl (C=O) groups excluding carboxylic acids is 2. The largest absolute Gasteiger partial charge is 0.486 e. The van der Waals surface area contributed by atoms with Gasteiger partial charge in [0.15, 0.2) is 18.1 Å². The highest BCUT2D eigenvalue weighted by Gasteiger charge is 2.17. The fourth-order valence-corrected chi connectivity index (χ4v) is 2.99. The molecule has 1 amide bonds. The van der Waals surface area contributed by atoms with E-state index in [1.165, 1.54) is 6.08 Å². The van der Waals surface area contributed by atoms with Crippen LogP contribution in [-0.2, 0) is 20.9 Å². The number of hydrogen-bond acceptors (Lipinski definition) is 5. The molecular formula is C23H25NO5. The highest BCUT2D eigenvalue weighted by atomic mass is 16.6. The molecule has 0 fully saturated rings. The summed E-state index contributed by atoms with van der Waals surface area (Å²) in [7, 11) is 0. The number of likely N-dealkylation sites (N-methyl/N-ethyl adjacent to an activating group) is 1. The van der Waals surface area contributed by atoms with Crippen LogP contribution in [0.15, 0.2) is 48.5 Å². The van der Waals surface area contributed by atoms with Crippen molar-refractivity contribution in [3.8, 4) is 11.5 Å². The lowest BCUT2D eigenvalue weighted by Gasteiger charge is -2.23. The van der Waals surface area contributed by atoms with Gasteiger partial charge in [-0.1, -0.05) is 35.9 Å². The second-order valence-corrected chi connectivity index (χ2v) is 6.74. The van der Waals surface area contributed by atoms with Gasteiger partial charge in [-0.05, 0) is 43.2 Å². The molecular weight excluding hydrogens is 370 g/mol. The summed E-state index contributed by atoms with van der Waals surface area (Å²) in [5, 5.41) is 0. The Hall–Kier alpha value is -3.28. The first kappa shape index (κ1) is 20.5. The number of benzene rings is 2. The van der Waals surface area contributed by atoms with E-state index in [1.807, 2.05) is 56.3 Å². The summed E-state index contributed by atoms with van der Waals surface area (Å²) in [5.41, 5.74) is 2.94. The third-order valence-corrected chi connectivity index (χ3v) is 4.51. The van der Waals surface area contributed by atoms with E-state index >= 15 is 0 Å². The first-order chi connectivity index (χ1) is 14.0. The second kappa shape index (κ2) is 9.78. The molecule has 0 saturated heterocycles. The molecule has 1 aliphatic rings. The highest BCUT2D eigenvalue weighted by Crippen LogP contribution is 2.31. The van der Waals surface area contributed by atoms with Crippen LogP contribution in [0, 0.1) is 6.92 Å². The lowest BCUT2D eigenvalue weighted by molar-refractivity contribution is -0.148. The van der Waals surface area contributed by atoms with E-state index in [4.69, 9.17) is 14.2 Å². The van der Waals surface area contributed by atoms with Crippen molar-refractivity contribution in [3.05, 3.63) is 65.2 Å². The van der Waals surface area contributed by atoms with E-state index in [1.54, 1.807) is 11.0 Å². The highest BCUT2D eigenvalue weighted by molar-refractivity contribution is 5.89. The Balaban J connectivity index is 1.52. The van der Waals surface area contributed by atoms with Gasteiger partial charge >= 0.3 is 5.97 Å². The average molecular weight is 395 g/mol. The average Bonchev–Trinajstić information content (AvgIpc) is 2.74. The van der Waals surface area contributed by atoms with Gasteiger partial charge in [-0.25, -0.2) is 4.79 Å². The number of carbonyl (C=O) groups is 2. The van der Waals surface area contributed by atoms with Crippen molar-refractivity contribution >= 4 is 18.0 Å². The van der Waals surface area contributed by atoms with Crippen LogP contribution in [0.5, 0.6) is 11.5 Å². The van der Waals surface area contributed by atoms with Crippen molar-refractivity contribution in [2.75, 3.05) is 26.4 Å². The third kappa shape index (κ3) is 5.85. The normalized spacial score (nSPS) is 12.6. The summed E-state index contributed by atoms with van der Waals surface area (Å²) in [6, 6.07) is 13.4.